The van der Waals surface area contributed by atoms with Crippen molar-refractivity contribution in [2.75, 3.05) is 0 Å². The number of allylic oxidation sites excluding steroid dienone is 6. The maximum Gasteiger partial charge on any atom is 0.158 e. The van der Waals surface area contributed by atoms with E-state index in [1.807, 2.05) is 24.3 Å². The van der Waals surface area contributed by atoms with Crippen LogP contribution in [-0.4, -0.2) is 12.4 Å². The van der Waals surface area contributed by atoms with Crippen molar-refractivity contribution in [3.8, 4) is 0 Å². The zero-order chi connectivity index (χ0) is 8.23. The molecule has 2 heterocycles. The highest BCUT2D eigenvalue weighted by atomic mass is 14.7. The fourth-order valence-electron chi connectivity index (χ4n) is 0.990. The summed E-state index contributed by atoms with van der Waals surface area (Å²) >= 11 is 0. The lowest BCUT2D eigenvalue weighted by atomic mass is 10.0. The van der Waals surface area contributed by atoms with Crippen LogP contribution in [0, 0.1) is 0 Å². The van der Waals surface area contributed by atoms with E-state index in [-0.39, 0.29) is 0 Å². The van der Waals surface area contributed by atoms with Gasteiger partial charge in [0.1, 0.15) is 24.6 Å². The van der Waals surface area contributed by atoms with E-state index in [2.05, 4.69) is 22.4 Å². The Bertz CT molecular complexity index is 316. The number of aliphatic imine (C=N–C) groups is 2. The maximum atomic E-state index is 3.82. The first-order valence-electron chi connectivity index (χ1n) is 3.61. The van der Waals surface area contributed by atoms with Crippen LogP contribution in [0.3, 0.4) is 0 Å². The number of nitrogens with zero attached hydrogens (tertiary/aromatic N) is 2. The van der Waals surface area contributed by atoms with Gasteiger partial charge in [0.2, 0.25) is 0 Å². The number of rotatable bonds is 1. The Morgan fingerprint density at radius 2 is 1.33 bits per heavy atom. The number of hydrogen-bond donors (Lipinski definition) is 0. The third-order valence-corrected chi connectivity index (χ3v) is 1.58. The van der Waals surface area contributed by atoms with Gasteiger partial charge in [0.25, 0.3) is 0 Å². The number of hydrogen-bond acceptors (Lipinski definition) is 2. The molecule has 0 bridgehead atoms. The summed E-state index contributed by atoms with van der Waals surface area (Å²) in [7, 11) is 0. The molecule has 0 saturated carbocycles. The van der Waals surface area contributed by atoms with Crippen LogP contribution in [0.15, 0.2) is 57.8 Å². The van der Waals surface area contributed by atoms with Crippen molar-refractivity contribution < 1.29 is 0 Å². The van der Waals surface area contributed by atoms with E-state index in [4.69, 9.17) is 0 Å². The lowest BCUT2D eigenvalue weighted by Gasteiger charge is -1.89. The molecule has 0 N–H and O–H groups in total. The molecule has 2 rings (SSSR count). The molecule has 2 heteroatoms. The molecule has 2 aliphatic rings. The van der Waals surface area contributed by atoms with Crippen LogP contribution in [0.1, 0.15) is 0 Å². The van der Waals surface area contributed by atoms with Gasteiger partial charge >= 0.3 is 0 Å². The van der Waals surface area contributed by atoms with Crippen molar-refractivity contribution in [3.63, 3.8) is 0 Å². The van der Waals surface area contributed by atoms with Crippen molar-refractivity contribution in [1.29, 1.82) is 0 Å². The zero-order valence-corrected chi connectivity index (χ0v) is 6.36. The molecule has 54 valence electrons. The van der Waals surface area contributed by atoms with Gasteiger partial charge in [-0.05, 0) is 0 Å². The quantitative estimate of drug-likeness (QED) is 0.514. The van der Waals surface area contributed by atoms with Crippen LogP contribution in [0.5, 0.6) is 0 Å². The fourth-order valence-corrected chi connectivity index (χ4v) is 0.990. The molecule has 0 fully saturated rings. The summed E-state index contributed by atoms with van der Waals surface area (Å²) in [6.07, 6.45) is 16.5. The first-order chi connectivity index (χ1) is 5.97. The Hall–Kier alpha value is -1.88. The molecule has 0 aliphatic carbocycles. The molecule has 2 aliphatic heterocycles. The van der Waals surface area contributed by atoms with E-state index in [0.717, 1.165) is 11.1 Å². The average molecular weight is 154 g/mol. The molecule has 0 amide bonds. The monoisotopic (exact) mass is 154 g/mol. The van der Waals surface area contributed by atoms with E-state index >= 15 is 0 Å². The van der Waals surface area contributed by atoms with Crippen LogP contribution in [-0.2, 0) is 0 Å². The first kappa shape index (κ1) is 6.81. The zero-order valence-electron chi connectivity index (χ0n) is 6.36. The Kier molecular flexibility index (Phi) is 1.71. The summed E-state index contributed by atoms with van der Waals surface area (Å²) in [5, 5.41) is 0. The molecule has 2 nitrogen and oxygen atoms in total. The van der Waals surface area contributed by atoms with Gasteiger partial charge in [-0.2, -0.15) is 0 Å². The van der Waals surface area contributed by atoms with E-state index in [9.17, 15) is 0 Å². The van der Waals surface area contributed by atoms with Crippen molar-refractivity contribution in [1.82, 2.24) is 0 Å². The molecule has 12 heavy (non-hydrogen) atoms. The molecule has 0 saturated heterocycles. The first-order valence-corrected chi connectivity index (χ1v) is 3.61. The lowest BCUT2D eigenvalue weighted by Crippen LogP contribution is -1.90. The van der Waals surface area contributed by atoms with Crippen LogP contribution in [0.25, 0.3) is 0 Å². The van der Waals surface area contributed by atoms with E-state index in [1.54, 1.807) is 12.4 Å². The molecule has 0 spiro atoms. The highest BCUT2D eigenvalue weighted by Crippen LogP contribution is 2.15. The van der Waals surface area contributed by atoms with Crippen LogP contribution >= 0.6 is 0 Å². The predicted octanol–water partition coefficient (Wildman–Crippen LogP) is 1.79. The summed E-state index contributed by atoms with van der Waals surface area (Å²) in [4.78, 5) is 7.64. The second kappa shape index (κ2) is 3.02. The van der Waals surface area contributed by atoms with Gasteiger partial charge in [0.15, 0.2) is 23.6 Å². The average Bonchev–Trinajstić information content (AvgIpc) is 2.21. The molecule has 0 aromatic heterocycles. The minimum absolute atomic E-state index is 1.09. The maximum absolute atomic E-state index is 3.82. The van der Waals surface area contributed by atoms with Crippen molar-refractivity contribution in [2.24, 2.45) is 9.98 Å². The molecule has 0 radical (unpaired) electrons. The summed E-state index contributed by atoms with van der Waals surface area (Å²) in [5.74, 6) is 0. The third kappa shape index (κ3) is 1.25. The summed E-state index contributed by atoms with van der Waals surface area (Å²) in [6, 6.07) is 0. The van der Waals surface area contributed by atoms with E-state index in [0.29, 0.717) is 0 Å². The summed E-state index contributed by atoms with van der Waals surface area (Å²) in [6.45, 7) is 0. The highest BCUT2D eigenvalue weighted by Gasteiger charge is 2.15. The molecule has 0 atom stereocenters. The predicted molar refractivity (Wildman–Crippen MR) is 49.3 cm³/mol. The Balaban J connectivity index is 2.31. The molecule has 0 aromatic rings. The van der Waals surface area contributed by atoms with Gasteiger partial charge in [-0.3, -0.25) is 0 Å². The van der Waals surface area contributed by atoms with Crippen LogP contribution in [0.2, 0.25) is 0 Å². The normalized spacial score (nSPS) is 18.0. The van der Waals surface area contributed by atoms with Crippen LogP contribution in [0.4, 0.5) is 0 Å². The third-order valence-electron chi connectivity index (χ3n) is 1.58. The van der Waals surface area contributed by atoms with Crippen LogP contribution < -0.4 is 0 Å². The topological polar surface area (TPSA) is 24.7 Å². The highest BCUT2D eigenvalue weighted by molar-refractivity contribution is 5.82. The van der Waals surface area contributed by atoms with Gasteiger partial charge in [0, 0.05) is 0 Å². The Morgan fingerprint density at radius 3 is 1.67 bits per heavy atom. The van der Waals surface area contributed by atoms with E-state index < -0.39 is 0 Å². The largest absolute Gasteiger partial charge is 0.158 e. The standard InChI is InChI=1S/C10H6N2/c1-5-11-6-2-9(1)10-3-7-12-8-4-10/h1-5,7H/q+2. The van der Waals surface area contributed by atoms with Crippen molar-refractivity contribution in [3.05, 3.63) is 47.9 Å². The molecular formula is C10H6N2+2. The minimum atomic E-state index is 1.09. The smallest absolute Gasteiger partial charge is 0.0742 e. The Morgan fingerprint density at radius 1 is 0.833 bits per heavy atom. The van der Waals surface area contributed by atoms with Gasteiger partial charge in [-0.25, -0.2) is 0 Å². The van der Waals surface area contributed by atoms with Gasteiger partial charge < -0.3 is 0 Å². The Labute approximate surface area is 71.0 Å². The second-order valence-corrected chi connectivity index (χ2v) is 2.35. The molecular weight excluding hydrogens is 148 g/mol. The summed E-state index contributed by atoms with van der Waals surface area (Å²) < 4.78 is 0. The molecule has 0 aromatic carbocycles. The van der Waals surface area contributed by atoms with E-state index in [1.165, 1.54) is 0 Å². The van der Waals surface area contributed by atoms with Gasteiger partial charge in [0.05, 0.1) is 12.2 Å². The second-order valence-electron chi connectivity index (χ2n) is 2.35. The summed E-state index contributed by atoms with van der Waals surface area (Å²) in [5.41, 5.74) is 2.17. The lowest BCUT2D eigenvalue weighted by molar-refractivity contribution is 1.44. The SMILES string of the molecule is [C+]1=NC=CC(C2=C[C+]=NC=C2)=C1. The van der Waals surface area contributed by atoms with Crippen molar-refractivity contribution in [2.45, 2.75) is 0 Å². The fraction of sp³-hybridized carbons (Fsp3) is 0. The van der Waals surface area contributed by atoms with Gasteiger partial charge in [-0.15, -0.1) is 0 Å². The van der Waals surface area contributed by atoms with Gasteiger partial charge in [-0.1, -0.05) is 9.98 Å². The van der Waals surface area contributed by atoms with Crippen molar-refractivity contribution >= 4 is 12.4 Å². The minimum Gasteiger partial charge on any atom is -0.0742 e. The molecule has 0 unspecified atom stereocenters.